The minimum absolute atomic E-state index is 0.218. The van der Waals surface area contributed by atoms with Crippen LogP contribution in [0.3, 0.4) is 0 Å². The van der Waals surface area contributed by atoms with Crippen molar-refractivity contribution >= 4 is 16.4 Å². The second-order valence-corrected chi connectivity index (χ2v) is 7.11. The van der Waals surface area contributed by atoms with Gasteiger partial charge in [0.25, 0.3) is 10.0 Å². The van der Waals surface area contributed by atoms with Crippen LogP contribution < -0.4 is 0 Å². The molecule has 0 atom stereocenters. The molecular weight excluding hydrogens is 296 g/mol. The van der Waals surface area contributed by atoms with Crippen LogP contribution >= 0.6 is 0 Å². The molecule has 0 aliphatic heterocycles. The van der Waals surface area contributed by atoms with Crippen molar-refractivity contribution in [2.75, 3.05) is 14.1 Å². The second-order valence-electron chi connectivity index (χ2n) is 5.47. The molecular formula is C17H20N2O2S. The first-order valence-electron chi connectivity index (χ1n) is 6.98. The summed E-state index contributed by atoms with van der Waals surface area (Å²) in [6.45, 7) is 2.04. The summed E-state index contributed by atoms with van der Waals surface area (Å²) >= 11 is 0. The third-order valence-corrected chi connectivity index (χ3v) is 4.33. The van der Waals surface area contributed by atoms with E-state index < -0.39 is 10.0 Å². The molecule has 22 heavy (non-hydrogen) atoms. The van der Waals surface area contributed by atoms with Crippen molar-refractivity contribution in [2.45, 2.75) is 18.2 Å². The van der Waals surface area contributed by atoms with Gasteiger partial charge in [-0.05, 0) is 36.6 Å². The topological polar surface area (TPSA) is 49.7 Å². The summed E-state index contributed by atoms with van der Waals surface area (Å²) in [5, 5.41) is 0. The van der Waals surface area contributed by atoms with Crippen molar-refractivity contribution in [3.8, 4) is 0 Å². The molecule has 0 radical (unpaired) electrons. The van der Waals surface area contributed by atoms with E-state index in [-0.39, 0.29) is 4.90 Å². The number of hydrogen-bond acceptors (Lipinski definition) is 2. The monoisotopic (exact) mass is 316 g/mol. The fourth-order valence-corrected chi connectivity index (χ4v) is 3.08. The fourth-order valence-electron chi connectivity index (χ4n) is 2.09. The van der Waals surface area contributed by atoms with Crippen LogP contribution in [0.1, 0.15) is 16.7 Å². The van der Waals surface area contributed by atoms with Gasteiger partial charge in [-0.3, -0.25) is 0 Å². The molecule has 0 aliphatic rings. The molecule has 2 aromatic carbocycles. The Labute approximate surface area is 132 Å². The van der Waals surface area contributed by atoms with Crippen LogP contribution in [0.2, 0.25) is 0 Å². The zero-order valence-electron chi connectivity index (χ0n) is 13.0. The van der Waals surface area contributed by atoms with Gasteiger partial charge in [-0.25, -0.2) is 0 Å². The average Bonchev–Trinajstić information content (AvgIpc) is 2.46. The Morgan fingerprint density at radius 1 is 1.05 bits per heavy atom. The lowest BCUT2D eigenvalue weighted by Gasteiger charge is -2.06. The molecule has 0 heterocycles. The highest BCUT2D eigenvalue weighted by Gasteiger charge is 2.12. The van der Waals surface area contributed by atoms with Gasteiger partial charge in [-0.15, -0.1) is 4.40 Å². The minimum atomic E-state index is -3.65. The molecule has 4 nitrogen and oxygen atoms in total. The fraction of sp³-hybridized carbons (Fsp3) is 0.235. The Hall–Kier alpha value is -2.14. The number of nitrogens with zero attached hydrogens (tertiary/aromatic N) is 2. The highest BCUT2D eigenvalue weighted by Crippen LogP contribution is 2.17. The van der Waals surface area contributed by atoms with E-state index >= 15 is 0 Å². The van der Waals surface area contributed by atoms with Crippen molar-refractivity contribution in [3.63, 3.8) is 0 Å². The Balaban J connectivity index is 2.27. The van der Waals surface area contributed by atoms with E-state index in [0.29, 0.717) is 6.42 Å². The predicted molar refractivity (Wildman–Crippen MR) is 89.8 cm³/mol. The lowest BCUT2D eigenvalue weighted by atomic mass is 10.0. The van der Waals surface area contributed by atoms with Gasteiger partial charge in [-0.2, -0.15) is 8.42 Å². The molecule has 5 heteroatoms. The van der Waals surface area contributed by atoms with E-state index in [1.807, 2.05) is 31.2 Å². The van der Waals surface area contributed by atoms with E-state index in [9.17, 15) is 8.42 Å². The van der Waals surface area contributed by atoms with Crippen molar-refractivity contribution < 1.29 is 8.42 Å². The molecule has 0 fully saturated rings. The summed E-state index contributed by atoms with van der Waals surface area (Å²) in [7, 11) is -0.192. The molecule has 0 unspecified atom stereocenters. The number of aryl methyl sites for hydroxylation is 1. The molecule has 0 saturated heterocycles. The van der Waals surface area contributed by atoms with Gasteiger partial charge in [-0.1, -0.05) is 42.0 Å². The maximum Gasteiger partial charge on any atom is 0.283 e. The third kappa shape index (κ3) is 4.43. The summed E-state index contributed by atoms with van der Waals surface area (Å²) in [4.78, 5) is 1.81. The number of rotatable bonds is 5. The average molecular weight is 316 g/mol. The van der Waals surface area contributed by atoms with Gasteiger partial charge in [0, 0.05) is 14.1 Å². The zero-order valence-corrected chi connectivity index (χ0v) is 13.8. The Bertz CT molecular complexity index is 781. The first kappa shape index (κ1) is 16.2. The summed E-state index contributed by atoms with van der Waals surface area (Å²) < 4.78 is 28.0. The summed E-state index contributed by atoms with van der Waals surface area (Å²) in [5.74, 6) is 0. The van der Waals surface area contributed by atoms with E-state index in [1.54, 1.807) is 37.2 Å². The van der Waals surface area contributed by atoms with Gasteiger partial charge >= 0.3 is 0 Å². The van der Waals surface area contributed by atoms with Crippen molar-refractivity contribution in [2.24, 2.45) is 4.40 Å². The quantitative estimate of drug-likeness (QED) is 0.629. The van der Waals surface area contributed by atoms with Gasteiger partial charge in [0.05, 0.1) is 4.90 Å². The molecule has 0 aromatic heterocycles. The SMILES string of the molecule is Cc1cccc(Cc2cccc(S(=O)(=O)N=CN(C)C)c2)c1. The van der Waals surface area contributed by atoms with Crippen molar-refractivity contribution in [1.82, 2.24) is 4.90 Å². The zero-order chi connectivity index (χ0) is 16.2. The number of benzene rings is 2. The second kappa shape index (κ2) is 6.75. The normalized spacial score (nSPS) is 11.8. The summed E-state index contributed by atoms with van der Waals surface area (Å²) in [6, 6.07) is 15.1. The Kier molecular flexibility index (Phi) is 4.98. The molecule has 0 aliphatic carbocycles. The summed E-state index contributed by atoms with van der Waals surface area (Å²) in [5.41, 5.74) is 3.30. The Morgan fingerprint density at radius 2 is 1.68 bits per heavy atom. The first-order chi connectivity index (χ1) is 10.4. The van der Waals surface area contributed by atoms with Crippen LogP contribution in [0.15, 0.2) is 57.8 Å². The lowest BCUT2D eigenvalue weighted by Crippen LogP contribution is -2.10. The highest BCUT2D eigenvalue weighted by molar-refractivity contribution is 7.90. The highest BCUT2D eigenvalue weighted by atomic mass is 32.2. The van der Waals surface area contributed by atoms with E-state index in [2.05, 4.69) is 10.5 Å². The maximum atomic E-state index is 12.2. The molecule has 0 saturated carbocycles. The molecule has 116 valence electrons. The predicted octanol–water partition coefficient (Wildman–Crippen LogP) is 2.86. The molecule has 2 rings (SSSR count). The van der Waals surface area contributed by atoms with Crippen LogP contribution in [0.25, 0.3) is 0 Å². The number of hydrogen-bond donors (Lipinski definition) is 0. The largest absolute Gasteiger partial charge is 0.368 e. The van der Waals surface area contributed by atoms with Crippen LogP contribution in [0.5, 0.6) is 0 Å². The van der Waals surface area contributed by atoms with Gasteiger partial charge in [0.2, 0.25) is 0 Å². The molecule has 0 spiro atoms. The Morgan fingerprint density at radius 3 is 2.32 bits per heavy atom. The molecule has 0 amide bonds. The van der Waals surface area contributed by atoms with Gasteiger partial charge in [0.15, 0.2) is 0 Å². The molecule has 0 bridgehead atoms. The van der Waals surface area contributed by atoms with E-state index in [4.69, 9.17) is 0 Å². The molecule has 2 aromatic rings. The van der Waals surface area contributed by atoms with Crippen molar-refractivity contribution in [1.29, 1.82) is 0 Å². The van der Waals surface area contributed by atoms with Crippen LogP contribution in [-0.2, 0) is 16.4 Å². The van der Waals surface area contributed by atoms with Gasteiger partial charge in [0.1, 0.15) is 6.34 Å². The van der Waals surface area contributed by atoms with Crippen molar-refractivity contribution in [3.05, 3.63) is 65.2 Å². The number of sulfonamides is 1. The standard InChI is InChI=1S/C17H20N2O2S/c1-14-6-4-7-15(10-14)11-16-8-5-9-17(12-16)22(20,21)18-13-19(2)3/h4-10,12-13H,11H2,1-3H3. The maximum absolute atomic E-state index is 12.2. The summed E-state index contributed by atoms with van der Waals surface area (Å²) in [6.07, 6.45) is 1.99. The minimum Gasteiger partial charge on any atom is -0.368 e. The van der Waals surface area contributed by atoms with Crippen LogP contribution in [-0.4, -0.2) is 33.8 Å². The molecule has 0 N–H and O–H groups in total. The van der Waals surface area contributed by atoms with Crippen LogP contribution in [0.4, 0.5) is 0 Å². The van der Waals surface area contributed by atoms with Crippen LogP contribution in [0, 0.1) is 6.92 Å². The van der Waals surface area contributed by atoms with E-state index in [1.165, 1.54) is 11.9 Å². The first-order valence-corrected chi connectivity index (χ1v) is 8.42. The lowest BCUT2D eigenvalue weighted by molar-refractivity contribution is 0.594. The third-order valence-electron chi connectivity index (χ3n) is 3.10. The van der Waals surface area contributed by atoms with Gasteiger partial charge < -0.3 is 4.90 Å². The van der Waals surface area contributed by atoms with E-state index in [0.717, 1.165) is 11.1 Å². The smallest absolute Gasteiger partial charge is 0.283 e.